The van der Waals surface area contributed by atoms with Crippen LogP contribution in [0.15, 0.2) is 12.2 Å². The number of anilines is 1. The van der Waals surface area contributed by atoms with Gasteiger partial charge in [-0.2, -0.15) is 0 Å². The van der Waals surface area contributed by atoms with E-state index in [0.717, 1.165) is 38.1 Å². The Hall–Kier alpha value is -1.78. The molecule has 1 aliphatic rings. The van der Waals surface area contributed by atoms with Crippen LogP contribution in [0.3, 0.4) is 0 Å². The summed E-state index contributed by atoms with van der Waals surface area (Å²) in [5, 5.41) is 0. The number of nitrogens with zero attached hydrogens (tertiary/aromatic N) is 2. The molecule has 0 saturated heterocycles. The van der Waals surface area contributed by atoms with E-state index >= 15 is 0 Å². The monoisotopic (exact) mass is 277 g/mol. The molecule has 0 fully saturated rings. The Bertz CT molecular complexity index is 505. The lowest BCUT2D eigenvalue weighted by atomic mass is 9.94. The highest BCUT2D eigenvalue weighted by Gasteiger charge is 2.22. The number of hydrogen-bond acceptors (Lipinski definition) is 4. The van der Waals surface area contributed by atoms with E-state index in [1.165, 1.54) is 0 Å². The summed E-state index contributed by atoms with van der Waals surface area (Å²) in [4.78, 5) is 16.2. The molecule has 1 aliphatic carbocycles. The molecule has 0 spiro atoms. The lowest BCUT2D eigenvalue weighted by Gasteiger charge is -2.20. The highest BCUT2D eigenvalue weighted by atomic mass is 16.5. The largest absolute Gasteiger partial charge is 0.461 e. The molecule has 0 aromatic carbocycles. The fourth-order valence-corrected chi connectivity index (χ4v) is 2.62. The second-order valence-electron chi connectivity index (χ2n) is 5.10. The van der Waals surface area contributed by atoms with Crippen LogP contribution in [0.25, 0.3) is 0 Å². The molecule has 0 saturated carbocycles. The van der Waals surface area contributed by atoms with Crippen LogP contribution in [0.2, 0.25) is 0 Å². The molecule has 0 amide bonds. The van der Waals surface area contributed by atoms with Crippen molar-refractivity contribution in [3.63, 3.8) is 0 Å². The first-order chi connectivity index (χ1) is 9.67. The van der Waals surface area contributed by atoms with Crippen molar-refractivity contribution >= 4 is 11.8 Å². The third-order valence-corrected chi connectivity index (χ3v) is 3.69. The van der Waals surface area contributed by atoms with Gasteiger partial charge in [0.2, 0.25) is 0 Å². The van der Waals surface area contributed by atoms with Crippen LogP contribution < -0.4 is 5.73 Å². The first-order valence-corrected chi connectivity index (χ1v) is 7.34. The average molecular weight is 277 g/mol. The molecular weight excluding hydrogens is 254 g/mol. The van der Waals surface area contributed by atoms with Crippen molar-refractivity contribution in [3.05, 3.63) is 23.7 Å². The van der Waals surface area contributed by atoms with Crippen molar-refractivity contribution in [2.24, 2.45) is 5.92 Å². The molecule has 5 nitrogen and oxygen atoms in total. The first-order valence-electron chi connectivity index (χ1n) is 7.34. The number of carbonyl (C=O) groups is 1. The maximum absolute atomic E-state index is 11.8. The normalized spacial score (nSPS) is 18.2. The van der Waals surface area contributed by atoms with Crippen molar-refractivity contribution in [3.8, 4) is 0 Å². The van der Waals surface area contributed by atoms with Gasteiger partial charge in [0.15, 0.2) is 5.69 Å². The van der Waals surface area contributed by atoms with E-state index in [1.807, 2.05) is 11.5 Å². The Kier molecular flexibility index (Phi) is 4.82. The van der Waals surface area contributed by atoms with E-state index in [1.54, 1.807) is 6.92 Å². The summed E-state index contributed by atoms with van der Waals surface area (Å²) in [5.74, 6) is 1.44. The fourth-order valence-electron chi connectivity index (χ4n) is 2.62. The van der Waals surface area contributed by atoms with E-state index in [4.69, 9.17) is 10.5 Å². The van der Waals surface area contributed by atoms with Crippen molar-refractivity contribution in [2.75, 3.05) is 12.3 Å². The molecule has 2 rings (SSSR count). The number of rotatable bonds is 5. The highest BCUT2D eigenvalue weighted by molar-refractivity contribution is 5.92. The number of aromatic nitrogens is 2. The van der Waals surface area contributed by atoms with Gasteiger partial charge in [0, 0.05) is 13.0 Å². The number of ether oxygens (including phenoxy) is 1. The maximum atomic E-state index is 11.8. The highest BCUT2D eigenvalue weighted by Crippen LogP contribution is 2.24. The molecule has 0 aliphatic heterocycles. The number of hydrogen-bond donors (Lipinski definition) is 1. The van der Waals surface area contributed by atoms with Crippen LogP contribution in [0.1, 0.15) is 49.4 Å². The van der Waals surface area contributed by atoms with Gasteiger partial charge in [0.05, 0.1) is 6.61 Å². The minimum Gasteiger partial charge on any atom is -0.461 e. The fraction of sp³-hybridized carbons (Fsp3) is 0.600. The smallest absolute Gasteiger partial charge is 0.360 e. The summed E-state index contributed by atoms with van der Waals surface area (Å²) in [7, 11) is 0. The minimum atomic E-state index is -0.429. The van der Waals surface area contributed by atoms with Crippen LogP contribution in [0.4, 0.5) is 5.82 Å². The Balaban J connectivity index is 2.22. The number of allylic oxidation sites excluding steroid dienone is 2. The first kappa shape index (κ1) is 14.6. The zero-order valence-corrected chi connectivity index (χ0v) is 12.3. The number of imidazole rings is 1. The van der Waals surface area contributed by atoms with Crippen molar-refractivity contribution in [1.29, 1.82) is 0 Å². The van der Waals surface area contributed by atoms with Gasteiger partial charge in [0.1, 0.15) is 11.6 Å². The van der Waals surface area contributed by atoms with Crippen LogP contribution in [-0.2, 0) is 17.7 Å². The standard InChI is InChI=1S/C15H23N3O2/c1-3-12-17-13(15(19)20-4-2)14(16)18(12)10-11-8-6-5-7-9-11/h5-6,11H,3-4,7-10,16H2,1-2H3. The van der Waals surface area contributed by atoms with Crippen molar-refractivity contribution in [2.45, 2.75) is 46.1 Å². The summed E-state index contributed by atoms with van der Waals surface area (Å²) in [6, 6.07) is 0. The van der Waals surface area contributed by atoms with Gasteiger partial charge in [-0.05, 0) is 32.1 Å². The Morgan fingerprint density at radius 2 is 2.30 bits per heavy atom. The van der Waals surface area contributed by atoms with E-state index < -0.39 is 5.97 Å². The molecule has 1 atom stereocenters. The third-order valence-electron chi connectivity index (χ3n) is 3.69. The maximum Gasteiger partial charge on any atom is 0.360 e. The molecule has 20 heavy (non-hydrogen) atoms. The van der Waals surface area contributed by atoms with Crippen LogP contribution in [0.5, 0.6) is 0 Å². The van der Waals surface area contributed by atoms with Crippen molar-refractivity contribution < 1.29 is 9.53 Å². The lowest BCUT2D eigenvalue weighted by molar-refractivity contribution is 0.0521. The summed E-state index contributed by atoms with van der Waals surface area (Å²) < 4.78 is 6.99. The zero-order valence-electron chi connectivity index (χ0n) is 12.3. The molecule has 1 aromatic rings. The predicted molar refractivity (Wildman–Crippen MR) is 78.5 cm³/mol. The lowest BCUT2D eigenvalue weighted by Crippen LogP contribution is -2.16. The van der Waals surface area contributed by atoms with E-state index in [9.17, 15) is 4.79 Å². The topological polar surface area (TPSA) is 70.1 Å². The Labute approximate surface area is 119 Å². The van der Waals surface area contributed by atoms with Gasteiger partial charge in [-0.1, -0.05) is 19.1 Å². The van der Waals surface area contributed by atoms with Crippen LogP contribution >= 0.6 is 0 Å². The molecule has 5 heteroatoms. The van der Waals surface area contributed by atoms with Gasteiger partial charge in [-0.25, -0.2) is 9.78 Å². The van der Waals surface area contributed by atoms with Gasteiger partial charge in [0.25, 0.3) is 0 Å². The van der Waals surface area contributed by atoms with Crippen molar-refractivity contribution in [1.82, 2.24) is 9.55 Å². The SMILES string of the molecule is CCOC(=O)c1nc(CC)n(CC2CC=CCC2)c1N. The molecule has 0 radical (unpaired) electrons. The number of esters is 1. The number of nitrogen functional groups attached to an aromatic ring is 1. The second-order valence-corrected chi connectivity index (χ2v) is 5.10. The summed E-state index contributed by atoms with van der Waals surface area (Å²) >= 11 is 0. The molecule has 1 aromatic heterocycles. The van der Waals surface area contributed by atoms with Crippen LogP contribution in [-0.4, -0.2) is 22.1 Å². The number of aryl methyl sites for hydroxylation is 1. The molecule has 1 unspecified atom stereocenters. The molecule has 0 bridgehead atoms. The molecular formula is C15H23N3O2. The molecule has 1 heterocycles. The summed E-state index contributed by atoms with van der Waals surface area (Å²) in [6.45, 7) is 4.96. The van der Waals surface area contributed by atoms with Gasteiger partial charge in [-0.15, -0.1) is 0 Å². The third kappa shape index (κ3) is 3.03. The molecule has 2 N–H and O–H groups in total. The van der Waals surface area contributed by atoms with E-state index in [0.29, 0.717) is 18.3 Å². The van der Waals surface area contributed by atoms with E-state index in [2.05, 4.69) is 17.1 Å². The van der Waals surface area contributed by atoms with Gasteiger partial charge in [-0.3, -0.25) is 0 Å². The molecule has 110 valence electrons. The second kappa shape index (κ2) is 6.59. The van der Waals surface area contributed by atoms with E-state index in [-0.39, 0.29) is 5.69 Å². The Morgan fingerprint density at radius 3 is 2.90 bits per heavy atom. The number of nitrogens with two attached hydrogens (primary N) is 1. The Morgan fingerprint density at radius 1 is 1.50 bits per heavy atom. The summed E-state index contributed by atoms with van der Waals surface area (Å²) in [6.07, 6.45) is 8.54. The number of carbonyl (C=O) groups excluding carboxylic acids is 1. The summed E-state index contributed by atoms with van der Waals surface area (Å²) in [5.41, 5.74) is 6.37. The predicted octanol–water partition coefficient (Wildman–Crippen LogP) is 2.56. The minimum absolute atomic E-state index is 0.259. The van der Waals surface area contributed by atoms with Crippen LogP contribution in [0, 0.1) is 5.92 Å². The zero-order chi connectivity index (χ0) is 14.5. The average Bonchev–Trinajstić information content (AvgIpc) is 2.77. The quantitative estimate of drug-likeness (QED) is 0.663. The van der Waals surface area contributed by atoms with Gasteiger partial charge < -0.3 is 15.0 Å². The van der Waals surface area contributed by atoms with Gasteiger partial charge >= 0.3 is 5.97 Å².